The van der Waals surface area contributed by atoms with E-state index in [4.69, 9.17) is 11.6 Å². The van der Waals surface area contributed by atoms with Crippen LogP contribution in [0.5, 0.6) is 0 Å². The molecule has 0 aliphatic heterocycles. The zero-order chi connectivity index (χ0) is 13.1. The maximum Gasteiger partial charge on any atom is 0.406 e. The second-order valence-corrected chi connectivity index (χ2v) is 4.96. The molecule has 0 saturated heterocycles. The van der Waals surface area contributed by atoms with Crippen LogP contribution in [0.25, 0.3) is 0 Å². The van der Waals surface area contributed by atoms with E-state index in [1.54, 1.807) is 0 Å². The number of carbonyl (C=O) groups is 1. The second-order valence-electron chi connectivity index (χ2n) is 4.58. The Morgan fingerprint density at radius 3 is 2.47 bits per heavy atom. The first-order valence-corrected chi connectivity index (χ1v) is 6.30. The molecule has 6 heteroatoms. The lowest BCUT2D eigenvalue weighted by atomic mass is 9.96. The predicted molar refractivity (Wildman–Crippen MR) is 59.9 cm³/mol. The third kappa shape index (κ3) is 4.37. The third-order valence-electron chi connectivity index (χ3n) is 3.21. The Kier molecular flexibility index (Phi) is 5.10. The van der Waals surface area contributed by atoms with Crippen LogP contribution in [0.15, 0.2) is 0 Å². The van der Waals surface area contributed by atoms with Crippen LogP contribution in [-0.2, 0) is 4.79 Å². The topological polar surface area (TPSA) is 20.3 Å². The van der Waals surface area contributed by atoms with Crippen molar-refractivity contribution in [1.29, 1.82) is 0 Å². The van der Waals surface area contributed by atoms with Crippen molar-refractivity contribution >= 4 is 17.5 Å². The Balaban J connectivity index is 2.66. The molecule has 0 heterocycles. The first-order chi connectivity index (χ1) is 7.85. The number of rotatable bonds is 4. The maximum absolute atomic E-state index is 12.3. The van der Waals surface area contributed by atoms with Crippen LogP contribution >= 0.6 is 11.6 Å². The fourth-order valence-electron chi connectivity index (χ4n) is 2.33. The molecular weight excluding hydrogens is 255 g/mol. The number of halogens is 4. The summed E-state index contributed by atoms with van der Waals surface area (Å²) in [6.07, 6.45) is -1.84. The molecular formula is C11H17ClF3NO. The van der Waals surface area contributed by atoms with Gasteiger partial charge in [0.15, 0.2) is 0 Å². The molecule has 1 saturated carbocycles. The zero-order valence-corrected chi connectivity index (χ0v) is 10.5. The Morgan fingerprint density at radius 2 is 2.06 bits per heavy atom. The van der Waals surface area contributed by atoms with Crippen molar-refractivity contribution in [2.24, 2.45) is 11.8 Å². The van der Waals surface area contributed by atoms with Gasteiger partial charge in [0.05, 0.1) is 0 Å². The van der Waals surface area contributed by atoms with Gasteiger partial charge in [-0.15, -0.1) is 11.6 Å². The molecule has 1 aliphatic rings. The SMILES string of the molecule is CC1CCCC1C(=O)N(CCCl)CC(F)(F)F. The van der Waals surface area contributed by atoms with E-state index in [0.717, 1.165) is 17.7 Å². The fourth-order valence-corrected chi connectivity index (χ4v) is 2.54. The van der Waals surface area contributed by atoms with Gasteiger partial charge in [-0.25, -0.2) is 0 Å². The molecule has 0 N–H and O–H groups in total. The lowest BCUT2D eigenvalue weighted by molar-refractivity contribution is -0.163. The number of amides is 1. The van der Waals surface area contributed by atoms with Gasteiger partial charge in [-0.2, -0.15) is 13.2 Å². The molecule has 2 nitrogen and oxygen atoms in total. The zero-order valence-electron chi connectivity index (χ0n) is 9.76. The predicted octanol–water partition coefficient (Wildman–Crippen LogP) is 3.05. The summed E-state index contributed by atoms with van der Waals surface area (Å²) < 4.78 is 37.0. The Labute approximate surface area is 104 Å². The lowest BCUT2D eigenvalue weighted by Gasteiger charge is -2.27. The van der Waals surface area contributed by atoms with E-state index in [1.807, 2.05) is 6.92 Å². The van der Waals surface area contributed by atoms with Gasteiger partial charge in [-0.05, 0) is 18.8 Å². The largest absolute Gasteiger partial charge is 0.406 e. The van der Waals surface area contributed by atoms with Gasteiger partial charge >= 0.3 is 6.18 Å². The van der Waals surface area contributed by atoms with Gasteiger partial charge in [0.25, 0.3) is 0 Å². The number of carbonyl (C=O) groups excluding carboxylic acids is 1. The summed E-state index contributed by atoms with van der Waals surface area (Å²) in [4.78, 5) is 12.8. The fraction of sp³-hybridized carbons (Fsp3) is 0.909. The van der Waals surface area contributed by atoms with Gasteiger partial charge in [-0.3, -0.25) is 4.79 Å². The summed E-state index contributed by atoms with van der Waals surface area (Å²) in [5, 5.41) is 0. The Hall–Kier alpha value is -0.450. The molecule has 1 amide bonds. The van der Waals surface area contributed by atoms with Gasteiger partial charge < -0.3 is 4.90 Å². The molecule has 2 atom stereocenters. The Bertz CT molecular complexity index is 270. The molecule has 0 aromatic carbocycles. The van der Waals surface area contributed by atoms with Gasteiger partial charge in [-0.1, -0.05) is 13.3 Å². The molecule has 17 heavy (non-hydrogen) atoms. The molecule has 100 valence electrons. The second kappa shape index (κ2) is 5.94. The quantitative estimate of drug-likeness (QED) is 0.720. The van der Waals surface area contributed by atoms with E-state index < -0.39 is 18.6 Å². The first kappa shape index (κ1) is 14.6. The molecule has 0 spiro atoms. The van der Waals surface area contributed by atoms with Crippen molar-refractivity contribution in [1.82, 2.24) is 4.90 Å². The highest BCUT2D eigenvalue weighted by Crippen LogP contribution is 2.33. The summed E-state index contributed by atoms with van der Waals surface area (Å²) in [7, 11) is 0. The number of hydrogen-bond donors (Lipinski definition) is 0. The summed E-state index contributed by atoms with van der Waals surface area (Å²) in [6, 6.07) is 0. The number of nitrogens with zero attached hydrogens (tertiary/aromatic N) is 1. The molecule has 0 aromatic heterocycles. The molecule has 2 unspecified atom stereocenters. The average molecular weight is 272 g/mol. The van der Waals surface area contributed by atoms with E-state index >= 15 is 0 Å². The minimum Gasteiger partial charge on any atom is -0.332 e. The monoisotopic (exact) mass is 271 g/mol. The average Bonchev–Trinajstić information content (AvgIpc) is 2.61. The molecule has 0 bridgehead atoms. The molecule has 1 fully saturated rings. The normalized spacial score (nSPS) is 25.0. The highest BCUT2D eigenvalue weighted by Gasteiger charge is 2.38. The summed E-state index contributed by atoms with van der Waals surface area (Å²) >= 11 is 5.45. The summed E-state index contributed by atoms with van der Waals surface area (Å²) in [6.45, 7) is 0.687. The number of alkyl halides is 4. The minimum absolute atomic E-state index is 0.0307. The van der Waals surface area contributed by atoms with Crippen LogP contribution in [0.4, 0.5) is 13.2 Å². The van der Waals surface area contributed by atoms with E-state index in [-0.39, 0.29) is 24.3 Å². The van der Waals surface area contributed by atoms with Crippen LogP contribution in [-0.4, -0.2) is 36.0 Å². The van der Waals surface area contributed by atoms with Crippen molar-refractivity contribution in [2.45, 2.75) is 32.4 Å². The van der Waals surface area contributed by atoms with Gasteiger partial charge in [0.2, 0.25) is 5.91 Å². The van der Waals surface area contributed by atoms with Gasteiger partial charge in [0, 0.05) is 18.3 Å². The van der Waals surface area contributed by atoms with Crippen LogP contribution < -0.4 is 0 Å². The van der Waals surface area contributed by atoms with Crippen LogP contribution in [0.3, 0.4) is 0 Å². The van der Waals surface area contributed by atoms with Crippen molar-refractivity contribution < 1.29 is 18.0 Å². The van der Waals surface area contributed by atoms with Crippen LogP contribution in [0.1, 0.15) is 26.2 Å². The van der Waals surface area contributed by atoms with Gasteiger partial charge in [0.1, 0.15) is 6.54 Å². The molecule has 1 rings (SSSR count). The van der Waals surface area contributed by atoms with Crippen molar-refractivity contribution in [3.8, 4) is 0 Å². The smallest absolute Gasteiger partial charge is 0.332 e. The number of hydrogen-bond acceptors (Lipinski definition) is 1. The molecule has 0 aromatic rings. The Morgan fingerprint density at radius 1 is 1.41 bits per heavy atom. The van der Waals surface area contributed by atoms with E-state index in [9.17, 15) is 18.0 Å². The van der Waals surface area contributed by atoms with E-state index in [2.05, 4.69) is 0 Å². The maximum atomic E-state index is 12.3. The van der Waals surface area contributed by atoms with E-state index in [1.165, 1.54) is 0 Å². The third-order valence-corrected chi connectivity index (χ3v) is 3.38. The van der Waals surface area contributed by atoms with Crippen molar-refractivity contribution in [2.75, 3.05) is 19.0 Å². The van der Waals surface area contributed by atoms with Crippen LogP contribution in [0, 0.1) is 11.8 Å². The molecule has 0 radical (unpaired) electrons. The van der Waals surface area contributed by atoms with Crippen LogP contribution in [0.2, 0.25) is 0 Å². The van der Waals surface area contributed by atoms with Crippen molar-refractivity contribution in [3.63, 3.8) is 0 Å². The highest BCUT2D eigenvalue weighted by atomic mass is 35.5. The highest BCUT2D eigenvalue weighted by molar-refractivity contribution is 6.18. The molecule has 1 aliphatic carbocycles. The van der Waals surface area contributed by atoms with Crippen molar-refractivity contribution in [3.05, 3.63) is 0 Å². The summed E-state index contributed by atoms with van der Waals surface area (Å²) in [5.74, 6) is -0.453. The lowest BCUT2D eigenvalue weighted by Crippen LogP contribution is -2.43. The summed E-state index contributed by atoms with van der Waals surface area (Å²) in [5.41, 5.74) is 0. The minimum atomic E-state index is -4.36. The van der Waals surface area contributed by atoms with E-state index in [0.29, 0.717) is 6.42 Å². The standard InChI is InChI=1S/C11H17ClF3NO/c1-8-3-2-4-9(8)10(17)16(6-5-12)7-11(13,14)15/h8-9H,2-7H2,1H3. The first-order valence-electron chi connectivity index (χ1n) is 5.76.